The molecule has 23 heavy (non-hydrogen) atoms. The molecule has 0 bridgehead atoms. The Morgan fingerprint density at radius 1 is 1.26 bits per heavy atom. The Morgan fingerprint density at radius 3 is 2.87 bits per heavy atom. The van der Waals surface area contributed by atoms with Crippen molar-refractivity contribution in [2.24, 2.45) is 0 Å². The van der Waals surface area contributed by atoms with Crippen molar-refractivity contribution in [1.29, 1.82) is 5.26 Å². The largest absolute Gasteiger partial charge is 0.379 e. The van der Waals surface area contributed by atoms with Crippen LogP contribution in [0.15, 0.2) is 6.20 Å². The standard InChI is InChI=1S/C16H20N6O/c1-12-14-2-3-21(5-4-20-6-8-23-9-7-20)16(14)22-15(19-12)13(10-17)11-18-22/h11H,2-9H2,1H3. The molecule has 0 atom stereocenters. The number of aryl methyl sites for hydroxylation is 1. The number of morpholine rings is 1. The fraction of sp³-hybridized carbons (Fsp3) is 0.562. The van der Waals surface area contributed by atoms with Crippen LogP contribution >= 0.6 is 0 Å². The van der Waals surface area contributed by atoms with Gasteiger partial charge in [0.25, 0.3) is 0 Å². The van der Waals surface area contributed by atoms with Crippen molar-refractivity contribution in [2.45, 2.75) is 13.3 Å². The van der Waals surface area contributed by atoms with Gasteiger partial charge in [-0.05, 0) is 13.3 Å². The Hall–Kier alpha value is -2.17. The highest BCUT2D eigenvalue weighted by Crippen LogP contribution is 2.30. The first-order chi connectivity index (χ1) is 11.3. The molecule has 0 aromatic carbocycles. The number of rotatable bonds is 3. The maximum Gasteiger partial charge on any atom is 0.175 e. The quantitative estimate of drug-likeness (QED) is 0.827. The van der Waals surface area contributed by atoms with Crippen molar-refractivity contribution in [3.8, 4) is 6.07 Å². The lowest BCUT2D eigenvalue weighted by Crippen LogP contribution is -2.41. The van der Waals surface area contributed by atoms with Crippen molar-refractivity contribution < 1.29 is 4.74 Å². The van der Waals surface area contributed by atoms with Gasteiger partial charge in [0.15, 0.2) is 5.65 Å². The molecule has 4 heterocycles. The van der Waals surface area contributed by atoms with E-state index in [1.165, 1.54) is 5.56 Å². The third-order valence-electron chi connectivity index (χ3n) is 4.77. The minimum atomic E-state index is 0.538. The van der Waals surface area contributed by atoms with E-state index < -0.39 is 0 Å². The van der Waals surface area contributed by atoms with Gasteiger partial charge in [0, 0.05) is 44.0 Å². The first-order valence-electron chi connectivity index (χ1n) is 8.10. The van der Waals surface area contributed by atoms with Crippen molar-refractivity contribution in [2.75, 3.05) is 50.8 Å². The monoisotopic (exact) mass is 312 g/mol. The minimum Gasteiger partial charge on any atom is -0.379 e. The average molecular weight is 312 g/mol. The molecule has 1 fully saturated rings. The van der Waals surface area contributed by atoms with Crippen LogP contribution in [-0.4, -0.2) is 65.4 Å². The van der Waals surface area contributed by atoms with Gasteiger partial charge >= 0.3 is 0 Å². The molecule has 0 aliphatic carbocycles. The van der Waals surface area contributed by atoms with E-state index >= 15 is 0 Å². The molecule has 7 heteroatoms. The van der Waals surface area contributed by atoms with E-state index in [-0.39, 0.29) is 0 Å². The second-order valence-electron chi connectivity index (χ2n) is 6.10. The molecule has 2 aromatic heterocycles. The highest BCUT2D eigenvalue weighted by Gasteiger charge is 2.27. The van der Waals surface area contributed by atoms with Crippen LogP contribution in [0.1, 0.15) is 16.8 Å². The van der Waals surface area contributed by atoms with Crippen molar-refractivity contribution in [1.82, 2.24) is 19.5 Å². The van der Waals surface area contributed by atoms with Crippen LogP contribution in [0.5, 0.6) is 0 Å². The lowest BCUT2D eigenvalue weighted by molar-refractivity contribution is 0.0392. The van der Waals surface area contributed by atoms with Crippen molar-refractivity contribution in [3.05, 3.63) is 23.0 Å². The maximum absolute atomic E-state index is 9.23. The van der Waals surface area contributed by atoms with Crippen LogP contribution in [0.4, 0.5) is 5.82 Å². The smallest absolute Gasteiger partial charge is 0.175 e. The summed E-state index contributed by atoms with van der Waals surface area (Å²) >= 11 is 0. The Bertz CT molecular complexity index is 771. The van der Waals surface area contributed by atoms with Crippen molar-refractivity contribution in [3.63, 3.8) is 0 Å². The third kappa shape index (κ3) is 2.44. The molecule has 0 radical (unpaired) electrons. The van der Waals surface area contributed by atoms with Gasteiger partial charge in [0.1, 0.15) is 17.5 Å². The van der Waals surface area contributed by atoms with Gasteiger partial charge in [-0.2, -0.15) is 14.9 Å². The molecule has 2 aliphatic heterocycles. The van der Waals surface area contributed by atoms with Crippen LogP contribution in [-0.2, 0) is 11.2 Å². The number of hydrogen-bond acceptors (Lipinski definition) is 6. The van der Waals surface area contributed by atoms with E-state index in [4.69, 9.17) is 4.74 Å². The van der Waals surface area contributed by atoms with Gasteiger partial charge in [-0.25, -0.2) is 4.98 Å². The zero-order valence-electron chi connectivity index (χ0n) is 13.3. The summed E-state index contributed by atoms with van der Waals surface area (Å²) < 4.78 is 7.25. The lowest BCUT2D eigenvalue weighted by atomic mass is 10.2. The normalized spacial score (nSPS) is 18.3. The van der Waals surface area contributed by atoms with E-state index in [0.717, 1.165) is 63.9 Å². The van der Waals surface area contributed by atoms with E-state index in [1.807, 2.05) is 11.4 Å². The highest BCUT2D eigenvalue weighted by molar-refractivity contribution is 5.64. The molecular weight excluding hydrogens is 292 g/mol. The molecule has 2 aromatic rings. The van der Waals surface area contributed by atoms with E-state index in [1.54, 1.807) is 6.20 Å². The van der Waals surface area contributed by atoms with Gasteiger partial charge in [-0.1, -0.05) is 0 Å². The predicted molar refractivity (Wildman–Crippen MR) is 85.6 cm³/mol. The molecule has 1 saturated heterocycles. The van der Waals surface area contributed by atoms with Crippen molar-refractivity contribution >= 4 is 11.5 Å². The Morgan fingerprint density at radius 2 is 2.09 bits per heavy atom. The lowest BCUT2D eigenvalue weighted by Gasteiger charge is -2.29. The molecule has 4 rings (SSSR count). The summed E-state index contributed by atoms with van der Waals surface area (Å²) in [5, 5.41) is 13.6. The fourth-order valence-electron chi connectivity index (χ4n) is 3.47. The molecule has 2 aliphatic rings. The topological polar surface area (TPSA) is 69.7 Å². The summed E-state index contributed by atoms with van der Waals surface area (Å²) in [6.45, 7) is 8.67. The summed E-state index contributed by atoms with van der Waals surface area (Å²) in [6, 6.07) is 2.18. The zero-order valence-corrected chi connectivity index (χ0v) is 13.3. The summed E-state index contributed by atoms with van der Waals surface area (Å²) in [5.74, 6) is 1.11. The third-order valence-corrected chi connectivity index (χ3v) is 4.77. The number of aromatic nitrogens is 3. The second-order valence-corrected chi connectivity index (χ2v) is 6.10. The maximum atomic E-state index is 9.23. The molecule has 120 valence electrons. The van der Waals surface area contributed by atoms with Gasteiger partial charge in [-0.3, -0.25) is 4.90 Å². The summed E-state index contributed by atoms with van der Waals surface area (Å²) in [6.07, 6.45) is 2.61. The molecule has 0 amide bonds. The Labute approximate surface area is 135 Å². The average Bonchev–Trinajstić information content (AvgIpc) is 3.17. The number of anilines is 1. The zero-order chi connectivity index (χ0) is 15.8. The predicted octanol–water partition coefficient (Wildman–Crippen LogP) is 0.604. The SMILES string of the molecule is Cc1nc2c(C#N)cnn2c2c1CCN2CCN1CCOCC1. The number of nitriles is 1. The number of ether oxygens (including phenoxy) is 1. The second kappa shape index (κ2) is 5.80. The van der Waals surface area contributed by atoms with Crippen LogP contribution in [0.2, 0.25) is 0 Å². The van der Waals surface area contributed by atoms with Gasteiger partial charge < -0.3 is 9.64 Å². The van der Waals surface area contributed by atoms with E-state index in [0.29, 0.717) is 11.2 Å². The molecule has 0 unspecified atom stereocenters. The molecule has 0 spiro atoms. The first-order valence-corrected chi connectivity index (χ1v) is 8.10. The molecule has 7 nitrogen and oxygen atoms in total. The van der Waals surface area contributed by atoms with Gasteiger partial charge in [-0.15, -0.1) is 0 Å². The summed E-state index contributed by atoms with van der Waals surface area (Å²) in [5.41, 5.74) is 3.48. The Kier molecular flexibility index (Phi) is 3.63. The first kappa shape index (κ1) is 14.4. The van der Waals surface area contributed by atoms with Crippen LogP contribution < -0.4 is 4.90 Å². The molecule has 0 saturated carbocycles. The molecule has 0 N–H and O–H groups in total. The highest BCUT2D eigenvalue weighted by atomic mass is 16.5. The van der Waals surface area contributed by atoms with Crippen LogP contribution in [0.25, 0.3) is 5.65 Å². The summed E-state index contributed by atoms with van der Waals surface area (Å²) in [7, 11) is 0. The van der Waals surface area contributed by atoms with E-state index in [2.05, 4.69) is 26.0 Å². The van der Waals surface area contributed by atoms with Gasteiger partial charge in [0.2, 0.25) is 0 Å². The van der Waals surface area contributed by atoms with Gasteiger partial charge in [0.05, 0.1) is 19.4 Å². The minimum absolute atomic E-state index is 0.538. The number of hydrogen-bond donors (Lipinski definition) is 0. The number of fused-ring (bicyclic) bond motifs is 3. The number of nitrogens with zero attached hydrogens (tertiary/aromatic N) is 6. The van der Waals surface area contributed by atoms with Crippen LogP contribution in [0, 0.1) is 18.3 Å². The Balaban J connectivity index is 1.63. The fourth-order valence-corrected chi connectivity index (χ4v) is 3.47. The van der Waals surface area contributed by atoms with E-state index in [9.17, 15) is 5.26 Å². The molecular formula is C16H20N6O. The summed E-state index contributed by atoms with van der Waals surface area (Å²) in [4.78, 5) is 9.40. The van der Waals surface area contributed by atoms with Crippen LogP contribution in [0.3, 0.4) is 0 Å².